The Morgan fingerprint density at radius 1 is 1.45 bits per heavy atom. The second-order valence-corrected chi connectivity index (χ2v) is 7.03. The highest BCUT2D eigenvalue weighted by Gasteiger charge is 2.26. The summed E-state index contributed by atoms with van der Waals surface area (Å²) in [5.41, 5.74) is 0.503. The summed E-state index contributed by atoms with van der Waals surface area (Å²) in [6.07, 6.45) is 3.03. The molecule has 0 saturated carbocycles. The maximum absolute atomic E-state index is 11.5. The molecule has 1 aliphatic heterocycles. The van der Waals surface area contributed by atoms with Crippen molar-refractivity contribution in [1.29, 1.82) is 5.26 Å². The smallest absolute Gasteiger partial charge is 0.211 e. The largest absolute Gasteiger partial charge is 0.492 e. The molecule has 0 aliphatic carbocycles. The quantitative estimate of drug-likeness (QED) is 0.846. The van der Waals surface area contributed by atoms with Crippen molar-refractivity contribution in [3.8, 4) is 11.8 Å². The minimum absolute atomic E-state index is 0.172. The topological polar surface area (TPSA) is 70.4 Å². The first-order chi connectivity index (χ1) is 9.50. The summed E-state index contributed by atoms with van der Waals surface area (Å²) in [5, 5.41) is 8.99. The number of nitrogens with zero attached hydrogens (tertiary/aromatic N) is 2. The lowest BCUT2D eigenvalue weighted by Gasteiger charge is -2.30. The van der Waals surface area contributed by atoms with Gasteiger partial charge in [-0.3, -0.25) is 0 Å². The molecule has 1 heterocycles. The molecule has 1 unspecified atom stereocenters. The van der Waals surface area contributed by atoms with Gasteiger partial charge in [0.2, 0.25) is 10.0 Å². The molecule has 1 atom stereocenters. The molecule has 0 N–H and O–H groups in total. The highest BCUT2D eigenvalue weighted by Crippen LogP contribution is 2.22. The Morgan fingerprint density at radius 3 is 2.90 bits per heavy atom. The number of hydrogen-bond donors (Lipinski definition) is 0. The van der Waals surface area contributed by atoms with Crippen LogP contribution < -0.4 is 4.74 Å². The molecule has 108 valence electrons. The van der Waals surface area contributed by atoms with Crippen LogP contribution in [0.5, 0.6) is 5.75 Å². The first-order valence-electron chi connectivity index (χ1n) is 6.58. The van der Waals surface area contributed by atoms with Crippen molar-refractivity contribution in [2.24, 2.45) is 5.92 Å². The molecule has 6 heteroatoms. The molecule has 0 bridgehead atoms. The maximum atomic E-state index is 11.5. The number of ether oxygens (including phenoxy) is 1. The minimum Gasteiger partial charge on any atom is -0.492 e. The first kappa shape index (κ1) is 14.8. The molecule has 0 spiro atoms. The number of nitriles is 1. The Labute approximate surface area is 119 Å². The van der Waals surface area contributed by atoms with Crippen LogP contribution in [-0.4, -0.2) is 38.7 Å². The third-order valence-electron chi connectivity index (χ3n) is 3.43. The molecule has 1 aromatic rings. The van der Waals surface area contributed by atoms with Crippen LogP contribution in [0.1, 0.15) is 18.4 Å². The lowest BCUT2D eigenvalue weighted by Crippen LogP contribution is -2.40. The van der Waals surface area contributed by atoms with E-state index in [0.29, 0.717) is 31.0 Å². The predicted octanol–water partition coefficient (Wildman–Crippen LogP) is 1.61. The zero-order chi connectivity index (χ0) is 14.6. The summed E-state index contributed by atoms with van der Waals surface area (Å²) in [5.74, 6) is 0.733. The van der Waals surface area contributed by atoms with Crippen LogP contribution >= 0.6 is 0 Å². The predicted molar refractivity (Wildman–Crippen MR) is 75.8 cm³/mol. The van der Waals surface area contributed by atoms with Crippen molar-refractivity contribution >= 4 is 10.0 Å². The van der Waals surface area contributed by atoms with E-state index >= 15 is 0 Å². The number of hydrogen-bond acceptors (Lipinski definition) is 4. The molecule has 2 rings (SSSR count). The van der Waals surface area contributed by atoms with Crippen molar-refractivity contribution in [2.75, 3.05) is 26.0 Å². The number of piperidine rings is 1. The van der Waals surface area contributed by atoms with Gasteiger partial charge in [0.15, 0.2) is 0 Å². The Hall–Kier alpha value is -1.58. The third-order valence-corrected chi connectivity index (χ3v) is 4.70. The molecule has 1 aromatic carbocycles. The van der Waals surface area contributed by atoms with Gasteiger partial charge in [-0.15, -0.1) is 0 Å². The Bertz CT molecular complexity index is 607. The monoisotopic (exact) mass is 294 g/mol. The fraction of sp³-hybridized carbons (Fsp3) is 0.500. The number of para-hydroxylation sites is 1. The molecule has 1 saturated heterocycles. The van der Waals surface area contributed by atoms with Crippen LogP contribution in [0.3, 0.4) is 0 Å². The average Bonchev–Trinajstić information content (AvgIpc) is 2.45. The van der Waals surface area contributed by atoms with Gasteiger partial charge in [-0.2, -0.15) is 5.26 Å². The van der Waals surface area contributed by atoms with Gasteiger partial charge in [-0.05, 0) is 25.0 Å². The molecule has 20 heavy (non-hydrogen) atoms. The van der Waals surface area contributed by atoms with E-state index in [1.807, 2.05) is 6.07 Å². The fourth-order valence-corrected chi connectivity index (χ4v) is 3.30. The molecule has 1 fully saturated rings. The van der Waals surface area contributed by atoms with Crippen LogP contribution in [-0.2, 0) is 10.0 Å². The second kappa shape index (κ2) is 6.25. The Kier molecular flexibility index (Phi) is 4.63. The zero-order valence-electron chi connectivity index (χ0n) is 11.4. The molecule has 0 radical (unpaired) electrons. The Balaban J connectivity index is 1.96. The van der Waals surface area contributed by atoms with Crippen LogP contribution in [0.2, 0.25) is 0 Å². The summed E-state index contributed by atoms with van der Waals surface area (Å²) >= 11 is 0. The average molecular weight is 294 g/mol. The van der Waals surface area contributed by atoms with Gasteiger partial charge in [0, 0.05) is 19.0 Å². The molecular formula is C14H18N2O3S. The van der Waals surface area contributed by atoms with E-state index < -0.39 is 10.0 Å². The van der Waals surface area contributed by atoms with E-state index in [1.165, 1.54) is 10.6 Å². The van der Waals surface area contributed by atoms with Gasteiger partial charge in [0.05, 0.1) is 18.4 Å². The second-order valence-electron chi connectivity index (χ2n) is 5.05. The van der Waals surface area contributed by atoms with E-state index in [0.717, 1.165) is 12.8 Å². The third kappa shape index (κ3) is 3.71. The highest BCUT2D eigenvalue weighted by molar-refractivity contribution is 7.88. The van der Waals surface area contributed by atoms with Crippen molar-refractivity contribution < 1.29 is 13.2 Å². The van der Waals surface area contributed by atoms with Crippen LogP contribution in [0, 0.1) is 17.2 Å². The van der Waals surface area contributed by atoms with Crippen molar-refractivity contribution in [3.05, 3.63) is 29.8 Å². The van der Waals surface area contributed by atoms with Gasteiger partial charge in [-0.1, -0.05) is 12.1 Å². The van der Waals surface area contributed by atoms with Gasteiger partial charge in [-0.25, -0.2) is 12.7 Å². The maximum Gasteiger partial charge on any atom is 0.211 e. The molecule has 0 amide bonds. The van der Waals surface area contributed by atoms with Crippen molar-refractivity contribution in [2.45, 2.75) is 12.8 Å². The van der Waals surface area contributed by atoms with Gasteiger partial charge in [0.1, 0.15) is 11.8 Å². The van der Waals surface area contributed by atoms with E-state index in [4.69, 9.17) is 10.00 Å². The zero-order valence-corrected chi connectivity index (χ0v) is 12.3. The van der Waals surface area contributed by atoms with Crippen molar-refractivity contribution in [1.82, 2.24) is 4.31 Å². The van der Waals surface area contributed by atoms with E-state index in [1.54, 1.807) is 18.2 Å². The lowest BCUT2D eigenvalue weighted by molar-refractivity contribution is 0.180. The fourth-order valence-electron chi connectivity index (χ4n) is 2.36. The number of benzene rings is 1. The minimum atomic E-state index is -3.13. The molecule has 0 aromatic heterocycles. The van der Waals surface area contributed by atoms with Crippen molar-refractivity contribution in [3.63, 3.8) is 0 Å². The van der Waals surface area contributed by atoms with Crippen LogP contribution in [0.4, 0.5) is 0 Å². The lowest BCUT2D eigenvalue weighted by atomic mass is 10.0. The molecule has 5 nitrogen and oxygen atoms in total. The van der Waals surface area contributed by atoms with Crippen LogP contribution in [0.25, 0.3) is 0 Å². The molecular weight excluding hydrogens is 276 g/mol. The van der Waals surface area contributed by atoms with Gasteiger partial charge >= 0.3 is 0 Å². The van der Waals surface area contributed by atoms with E-state index in [2.05, 4.69) is 6.07 Å². The number of rotatable bonds is 4. The normalized spacial score (nSPS) is 20.3. The summed E-state index contributed by atoms with van der Waals surface area (Å²) in [6, 6.07) is 9.16. The Morgan fingerprint density at radius 2 is 2.20 bits per heavy atom. The highest BCUT2D eigenvalue weighted by atomic mass is 32.2. The summed E-state index contributed by atoms with van der Waals surface area (Å²) in [6.45, 7) is 1.52. The summed E-state index contributed by atoms with van der Waals surface area (Å²) in [7, 11) is -3.13. The number of sulfonamides is 1. The summed E-state index contributed by atoms with van der Waals surface area (Å²) in [4.78, 5) is 0. The first-order valence-corrected chi connectivity index (χ1v) is 8.42. The van der Waals surface area contributed by atoms with E-state index in [-0.39, 0.29) is 5.92 Å². The van der Waals surface area contributed by atoms with Gasteiger partial charge in [0.25, 0.3) is 0 Å². The SMILES string of the molecule is CS(=O)(=O)N1CCCC(COc2ccccc2C#N)C1. The molecule has 1 aliphatic rings. The van der Waals surface area contributed by atoms with E-state index in [9.17, 15) is 8.42 Å². The standard InChI is InChI=1S/C14H18N2O3S/c1-20(17,18)16-8-4-5-12(10-16)11-19-14-7-3-2-6-13(14)9-15/h2-3,6-7,12H,4-5,8,10-11H2,1H3. The summed E-state index contributed by atoms with van der Waals surface area (Å²) < 4.78 is 30.3. The van der Waals surface area contributed by atoms with Gasteiger partial charge < -0.3 is 4.74 Å². The van der Waals surface area contributed by atoms with Crippen LogP contribution in [0.15, 0.2) is 24.3 Å².